The van der Waals surface area contributed by atoms with E-state index in [1.165, 1.54) is 0 Å². The predicted molar refractivity (Wildman–Crippen MR) is 81.7 cm³/mol. The van der Waals surface area contributed by atoms with Crippen LogP contribution in [0.2, 0.25) is 0 Å². The van der Waals surface area contributed by atoms with Gasteiger partial charge in [-0.2, -0.15) is 0 Å². The second-order valence-corrected chi connectivity index (χ2v) is 5.64. The van der Waals surface area contributed by atoms with E-state index in [1.54, 1.807) is 11.9 Å². The van der Waals surface area contributed by atoms with Gasteiger partial charge in [-0.1, -0.05) is 35.7 Å². The normalized spacial score (nSPS) is 16.9. The summed E-state index contributed by atoms with van der Waals surface area (Å²) < 4.78 is 0. The van der Waals surface area contributed by atoms with Crippen LogP contribution >= 0.6 is 11.8 Å². The van der Waals surface area contributed by atoms with Crippen molar-refractivity contribution in [2.24, 2.45) is 0 Å². The van der Waals surface area contributed by atoms with Crippen LogP contribution in [0.15, 0.2) is 24.3 Å². The molecule has 2 amide bonds. The Bertz CT molecular complexity index is 589. The topological polar surface area (TPSA) is 69.6 Å². The zero-order valence-electron chi connectivity index (χ0n) is 11.6. The highest BCUT2D eigenvalue weighted by atomic mass is 32.2. The molecular weight excluding hydrogens is 288 g/mol. The average Bonchev–Trinajstić information content (AvgIpc) is 2.92. The number of hydrogen-bond donors (Lipinski definition) is 2. The van der Waals surface area contributed by atoms with Gasteiger partial charge in [0.25, 0.3) is 5.24 Å². The number of amides is 2. The Hall–Kier alpha value is -1.97. The number of carbonyl (C=O) groups excluding carboxylic acids is 2. The molecule has 2 rings (SSSR count). The summed E-state index contributed by atoms with van der Waals surface area (Å²) in [6, 6.07) is 7.06. The first kappa shape index (κ1) is 15.4. The molecule has 0 saturated carbocycles. The zero-order chi connectivity index (χ0) is 15.2. The van der Waals surface area contributed by atoms with Crippen LogP contribution in [0, 0.1) is 11.8 Å². The molecule has 1 unspecified atom stereocenters. The molecule has 2 N–H and O–H groups in total. The average molecular weight is 304 g/mol. The van der Waals surface area contributed by atoms with Crippen molar-refractivity contribution in [1.29, 1.82) is 0 Å². The highest BCUT2D eigenvalue weighted by Crippen LogP contribution is 2.15. The lowest BCUT2D eigenvalue weighted by molar-refractivity contribution is -0.131. The van der Waals surface area contributed by atoms with Gasteiger partial charge in [-0.15, -0.1) is 0 Å². The summed E-state index contributed by atoms with van der Waals surface area (Å²) in [5.74, 6) is 5.80. The molecule has 0 spiro atoms. The summed E-state index contributed by atoms with van der Waals surface area (Å²) >= 11 is 1.13. The second kappa shape index (κ2) is 7.16. The standard InChI is InChI=1S/C15H16N2O3S/c1-17(14(19)13-10-21-15(20)16-13)9-12-6-4-11(5-7-12)3-2-8-18/h4-7,13,18H,8-10H2,1H3,(H,16,20). The summed E-state index contributed by atoms with van der Waals surface area (Å²) in [4.78, 5) is 24.9. The number of nitrogens with one attached hydrogen (secondary N) is 1. The summed E-state index contributed by atoms with van der Waals surface area (Å²) in [5, 5.41) is 11.1. The van der Waals surface area contributed by atoms with Crippen molar-refractivity contribution in [1.82, 2.24) is 10.2 Å². The lowest BCUT2D eigenvalue weighted by atomic mass is 10.1. The largest absolute Gasteiger partial charge is 0.384 e. The van der Waals surface area contributed by atoms with Gasteiger partial charge in [0, 0.05) is 24.9 Å². The van der Waals surface area contributed by atoms with Gasteiger partial charge in [-0.3, -0.25) is 9.59 Å². The Morgan fingerprint density at radius 3 is 2.76 bits per heavy atom. The van der Waals surface area contributed by atoms with Crippen molar-refractivity contribution in [2.75, 3.05) is 19.4 Å². The molecule has 1 atom stereocenters. The predicted octanol–water partition coefficient (Wildman–Crippen LogP) is 0.814. The first-order chi connectivity index (χ1) is 10.1. The van der Waals surface area contributed by atoms with Crippen molar-refractivity contribution < 1.29 is 14.7 Å². The number of aliphatic hydroxyl groups is 1. The molecule has 0 bridgehead atoms. The summed E-state index contributed by atoms with van der Waals surface area (Å²) in [7, 11) is 1.72. The SMILES string of the molecule is CN(Cc1ccc(C#CCO)cc1)C(=O)C1CSC(=O)N1. The van der Waals surface area contributed by atoms with E-state index in [9.17, 15) is 9.59 Å². The first-order valence-electron chi connectivity index (χ1n) is 6.47. The van der Waals surface area contributed by atoms with Crippen molar-refractivity contribution >= 4 is 22.9 Å². The fraction of sp³-hybridized carbons (Fsp3) is 0.333. The number of nitrogens with zero attached hydrogens (tertiary/aromatic N) is 1. The van der Waals surface area contributed by atoms with Crippen LogP contribution in [0.1, 0.15) is 11.1 Å². The minimum atomic E-state index is -0.429. The maximum absolute atomic E-state index is 12.2. The molecule has 0 radical (unpaired) electrons. The van der Waals surface area contributed by atoms with Gasteiger partial charge in [0.1, 0.15) is 12.6 Å². The molecule has 110 valence electrons. The first-order valence-corrected chi connectivity index (χ1v) is 7.45. The molecule has 21 heavy (non-hydrogen) atoms. The summed E-state index contributed by atoms with van der Waals surface area (Å²) in [6.45, 7) is 0.313. The van der Waals surface area contributed by atoms with Gasteiger partial charge in [0.05, 0.1) is 0 Å². The van der Waals surface area contributed by atoms with E-state index >= 15 is 0 Å². The Balaban J connectivity index is 1.94. The van der Waals surface area contributed by atoms with Gasteiger partial charge < -0.3 is 15.3 Å². The van der Waals surface area contributed by atoms with Gasteiger partial charge >= 0.3 is 0 Å². The number of benzene rings is 1. The van der Waals surface area contributed by atoms with E-state index < -0.39 is 6.04 Å². The molecule has 5 nitrogen and oxygen atoms in total. The zero-order valence-corrected chi connectivity index (χ0v) is 12.4. The number of thioether (sulfide) groups is 1. The molecule has 1 aliphatic rings. The van der Waals surface area contributed by atoms with E-state index in [4.69, 9.17) is 5.11 Å². The van der Waals surface area contributed by atoms with Gasteiger partial charge in [0.15, 0.2) is 0 Å². The van der Waals surface area contributed by atoms with Crippen LogP contribution < -0.4 is 5.32 Å². The Morgan fingerprint density at radius 2 is 2.19 bits per heavy atom. The molecule has 1 aromatic rings. The maximum atomic E-state index is 12.2. The van der Waals surface area contributed by atoms with Crippen LogP contribution in [0.4, 0.5) is 4.79 Å². The molecule has 1 aromatic carbocycles. The van der Waals surface area contributed by atoms with E-state index in [2.05, 4.69) is 17.2 Å². The molecule has 0 aliphatic carbocycles. The van der Waals surface area contributed by atoms with Gasteiger partial charge in [0.2, 0.25) is 5.91 Å². The molecule has 0 aromatic heterocycles. The molecule has 6 heteroatoms. The van der Waals surface area contributed by atoms with Crippen molar-refractivity contribution in [3.05, 3.63) is 35.4 Å². The lowest BCUT2D eigenvalue weighted by Crippen LogP contribution is -2.43. The lowest BCUT2D eigenvalue weighted by Gasteiger charge is -2.20. The highest BCUT2D eigenvalue weighted by molar-refractivity contribution is 8.14. The van der Waals surface area contributed by atoms with Gasteiger partial charge in [-0.05, 0) is 17.7 Å². The number of rotatable bonds is 3. The second-order valence-electron chi connectivity index (χ2n) is 4.65. The van der Waals surface area contributed by atoms with Gasteiger partial charge in [-0.25, -0.2) is 0 Å². The molecular formula is C15H16N2O3S. The fourth-order valence-electron chi connectivity index (χ4n) is 1.97. The van der Waals surface area contributed by atoms with E-state index in [-0.39, 0.29) is 17.8 Å². The highest BCUT2D eigenvalue weighted by Gasteiger charge is 2.29. The van der Waals surface area contributed by atoms with E-state index in [0.717, 1.165) is 22.9 Å². The van der Waals surface area contributed by atoms with Crippen LogP contribution in [-0.2, 0) is 11.3 Å². The van der Waals surface area contributed by atoms with Crippen LogP contribution in [0.5, 0.6) is 0 Å². The fourth-order valence-corrected chi connectivity index (χ4v) is 2.74. The minimum Gasteiger partial charge on any atom is -0.384 e. The Labute approximate surface area is 127 Å². The van der Waals surface area contributed by atoms with Crippen LogP contribution in [0.3, 0.4) is 0 Å². The Kier molecular flexibility index (Phi) is 5.26. The monoisotopic (exact) mass is 304 g/mol. The van der Waals surface area contributed by atoms with E-state index in [0.29, 0.717) is 12.3 Å². The summed E-state index contributed by atoms with van der Waals surface area (Å²) in [6.07, 6.45) is 0. The van der Waals surface area contributed by atoms with Crippen LogP contribution in [-0.4, -0.2) is 46.6 Å². The van der Waals surface area contributed by atoms with Crippen molar-refractivity contribution in [3.8, 4) is 11.8 Å². The number of likely N-dealkylation sites (N-methyl/N-ethyl adjacent to an activating group) is 1. The molecule has 1 saturated heterocycles. The number of carbonyl (C=O) groups is 2. The molecule has 1 heterocycles. The quantitative estimate of drug-likeness (QED) is 0.811. The van der Waals surface area contributed by atoms with Crippen LogP contribution in [0.25, 0.3) is 0 Å². The third-order valence-corrected chi connectivity index (χ3v) is 3.91. The summed E-state index contributed by atoms with van der Waals surface area (Å²) in [5.41, 5.74) is 1.80. The van der Waals surface area contributed by atoms with E-state index in [1.807, 2.05) is 24.3 Å². The third kappa shape index (κ3) is 4.25. The van der Waals surface area contributed by atoms with Crippen molar-refractivity contribution in [3.63, 3.8) is 0 Å². The van der Waals surface area contributed by atoms with Crippen molar-refractivity contribution in [2.45, 2.75) is 12.6 Å². The minimum absolute atomic E-state index is 0.0856. The number of aliphatic hydroxyl groups excluding tert-OH is 1. The smallest absolute Gasteiger partial charge is 0.279 e. The third-order valence-electron chi connectivity index (χ3n) is 3.03. The Morgan fingerprint density at radius 1 is 1.48 bits per heavy atom. The molecule has 1 aliphatic heterocycles. The maximum Gasteiger partial charge on any atom is 0.279 e. The number of hydrogen-bond acceptors (Lipinski definition) is 4. The molecule has 1 fully saturated rings.